The number of hydrogen-bond acceptors (Lipinski definition) is 5. The zero-order chi connectivity index (χ0) is 26.8. The molecule has 4 aliphatic rings. The first kappa shape index (κ1) is 24.8. The number of nitrogens with one attached hydrogen (secondary N) is 1. The molecule has 7 nitrogen and oxygen atoms in total. The van der Waals surface area contributed by atoms with Crippen molar-refractivity contribution in [1.82, 2.24) is 4.90 Å². The van der Waals surface area contributed by atoms with Gasteiger partial charge in [-0.05, 0) is 34.4 Å². The molecule has 2 bridgehead atoms. The summed E-state index contributed by atoms with van der Waals surface area (Å²) in [6, 6.07) is 20.0. The van der Waals surface area contributed by atoms with Gasteiger partial charge in [0.1, 0.15) is 21.2 Å². The van der Waals surface area contributed by atoms with Crippen molar-refractivity contribution in [3.05, 3.63) is 89.0 Å². The third-order valence-corrected chi connectivity index (χ3v) is 9.20. The Hall–Kier alpha value is -3.55. The first-order valence-electron chi connectivity index (χ1n) is 12.2. The summed E-state index contributed by atoms with van der Waals surface area (Å²) in [7, 11) is 3.02. The van der Waals surface area contributed by atoms with Gasteiger partial charge in [0, 0.05) is 19.0 Å². The van der Waals surface area contributed by atoms with Gasteiger partial charge >= 0.3 is 0 Å². The van der Waals surface area contributed by atoms with Crippen LogP contribution in [-0.2, 0) is 24.1 Å². The smallest absolute Gasteiger partial charge is 0.235 e. The van der Waals surface area contributed by atoms with E-state index in [1.165, 1.54) is 14.2 Å². The molecule has 38 heavy (non-hydrogen) atoms. The second-order valence-electron chi connectivity index (χ2n) is 9.66. The molecule has 1 aliphatic heterocycles. The summed E-state index contributed by atoms with van der Waals surface area (Å²) in [4.78, 5) is 39.2. The second kappa shape index (κ2) is 8.75. The molecule has 0 aromatic heterocycles. The topological polar surface area (TPSA) is 84.9 Å². The number of alkyl halides is 2. The average molecular weight is 551 g/mol. The van der Waals surface area contributed by atoms with Crippen LogP contribution in [0, 0.1) is 11.8 Å². The Morgan fingerprint density at radius 1 is 0.842 bits per heavy atom. The van der Waals surface area contributed by atoms with E-state index in [-0.39, 0.29) is 18.9 Å². The SMILES string of the molecule is COc1ccc(OC)c(NC(=O)CCN2C(=O)[C@H]3[C@H](C2=O)C2(Cl)c4ccccc4C3(Cl)c3ccccc32)c1. The fraction of sp³-hybridized carbons (Fsp3) is 0.276. The molecule has 9 heteroatoms. The maximum absolute atomic E-state index is 13.9. The van der Waals surface area contributed by atoms with Crippen LogP contribution in [-0.4, -0.2) is 43.4 Å². The molecule has 194 valence electrons. The molecule has 3 aliphatic carbocycles. The summed E-state index contributed by atoms with van der Waals surface area (Å²) in [6.07, 6.45) is -0.109. The maximum atomic E-state index is 13.9. The highest BCUT2D eigenvalue weighted by atomic mass is 35.5. The maximum Gasteiger partial charge on any atom is 0.235 e. The molecule has 0 saturated carbocycles. The average Bonchev–Trinajstić information content (AvgIpc) is 3.20. The Morgan fingerprint density at radius 3 is 1.79 bits per heavy atom. The van der Waals surface area contributed by atoms with Crippen LogP contribution >= 0.6 is 23.2 Å². The van der Waals surface area contributed by atoms with Crippen LogP contribution in [0.1, 0.15) is 28.7 Å². The van der Waals surface area contributed by atoms with Crippen molar-refractivity contribution in [3.8, 4) is 11.5 Å². The highest BCUT2D eigenvalue weighted by Gasteiger charge is 2.72. The van der Waals surface area contributed by atoms with E-state index in [1.807, 2.05) is 48.5 Å². The van der Waals surface area contributed by atoms with Crippen molar-refractivity contribution in [2.75, 3.05) is 26.1 Å². The van der Waals surface area contributed by atoms with E-state index in [4.69, 9.17) is 32.7 Å². The molecule has 1 heterocycles. The molecule has 0 radical (unpaired) electrons. The van der Waals surface area contributed by atoms with Gasteiger partial charge in [-0.15, -0.1) is 23.2 Å². The van der Waals surface area contributed by atoms with Gasteiger partial charge in [0.25, 0.3) is 0 Å². The Morgan fingerprint density at radius 2 is 1.34 bits per heavy atom. The number of amides is 3. The molecule has 1 fully saturated rings. The van der Waals surface area contributed by atoms with Gasteiger partial charge in [-0.1, -0.05) is 48.5 Å². The normalized spacial score (nSPS) is 26.5. The lowest BCUT2D eigenvalue weighted by Crippen LogP contribution is -2.57. The molecule has 0 unspecified atom stereocenters. The highest BCUT2D eigenvalue weighted by Crippen LogP contribution is 2.69. The number of nitrogens with zero attached hydrogens (tertiary/aromatic N) is 1. The second-order valence-corrected chi connectivity index (χ2v) is 10.9. The summed E-state index contributed by atoms with van der Waals surface area (Å²) in [5, 5.41) is 2.78. The number of imide groups is 1. The van der Waals surface area contributed by atoms with Gasteiger partial charge in [0.2, 0.25) is 17.7 Å². The predicted molar refractivity (Wildman–Crippen MR) is 143 cm³/mol. The first-order valence-corrected chi connectivity index (χ1v) is 13.0. The number of benzene rings is 3. The monoisotopic (exact) mass is 550 g/mol. The number of likely N-dealkylation sites (tertiary alicyclic amines) is 1. The van der Waals surface area contributed by atoms with Crippen LogP contribution in [0.2, 0.25) is 0 Å². The quantitative estimate of drug-likeness (QED) is 0.357. The molecular weight excluding hydrogens is 527 g/mol. The third kappa shape index (κ3) is 3.18. The van der Waals surface area contributed by atoms with Gasteiger partial charge in [0.05, 0.1) is 31.7 Å². The molecular formula is C29H24Cl2N2O5. The van der Waals surface area contributed by atoms with Gasteiger partial charge < -0.3 is 14.8 Å². The van der Waals surface area contributed by atoms with Crippen molar-refractivity contribution in [1.29, 1.82) is 0 Å². The van der Waals surface area contributed by atoms with E-state index in [2.05, 4.69) is 5.32 Å². The summed E-state index contributed by atoms with van der Waals surface area (Å²) < 4.78 is 10.5. The fourth-order valence-corrected chi connectivity index (χ4v) is 7.38. The lowest BCUT2D eigenvalue weighted by molar-refractivity contribution is -0.140. The Labute approximate surface area is 229 Å². The minimum Gasteiger partial charge on any atom is -0.497 e. The largest absolute Gasteiger partial charge is 0.497 e. The van der Waals surface area contributed by atoms with E-state index in [0.29, 0.717) is 17.2 Å². The molecule has 3 aromatic rings. The number of hydrogen-bond donors (Lipinski definition) is 1. The number of halogens is 2. The Kier molecular flexibility index (Phi) is 5.70. The number of ether oxygens (including phenoxy) is 2. The summed E-state index contributed by atoms with van der Waals surface area (Å²) in [5.41, 5.74) is 3.38. The van der Waals surface area contributed by atoms with E-state index in [9.17, 15) is 14.4 Å². The summed E-state index contributed by atoms with van der Waals surface area (Å²) in [6.45, 7) is -0.102. The zero-order valence-electron chi connectivity index (χ0n) is 20.7. The fourth-order valence-electron chi connectivity index (χ4n) is 6.28. The van der Waals surface area contributed by atoms with Gasteiger partial charge in [0.15, 0.2) is 0 Å². The first-order chi connectivity index (χ1) is 18.3. The van der Waals surface area contributed by atoms with Crippen LogP contribution in [0.25, 0.3) is 0 Å². The number of methoxy groups -OCH3 is 2. The predicted octanol–water partition coefficient (Wildman–Crippen LogP) is 4.63. The molecule has 1 saturated heterocycles. The molecule has 7 rings (SSSR count). The van der Waals surface area contributed by atoms with Gasteiger partial charge in [-0.2, -0.15) is 0 Å². The van der Waals surface area contributed by atoms with Crippen LogP contribution in [0.3, 0.4) is 0 Å². The van der Waals surface area contributed by atoms with E-state index >= 15 is 0 Å². The number of rotatable bonds is 6. The van der Waals surface area contributed by atoms with Crippen LogP contribution in [0.15, 0.2) is 66.7 Å². The van der Waals surface area contributed by atoms with E-state index in [0.717, 1.165) is 27.2 Å². The molecule has 0 spiro atoms. The highest BCUT2D eigenvalue weighted by molar-refractivity contribution is 6.36. The van der Waals surface area contributed by atoms with Crippen LogP contribution in [0.5, 0.6) is 11.5 Å². The van der Waals surface area contributed by atoms with Crippen molar-refractivity contribution in [3.63, 3.8) is 0 Å². The molecule has 3 aromatic carbocycles. The third-order valence-electron chi connectivity index (χ3n) is 7.92. The summed E-state index contributed by atoms with van der Waals surface area (Å²) in [5.74, 6) is -2.00. The van der Waals surface area contributed by atoms with Crippen molar-refractivity contribution < 1.29 is 23.9 Å². The van der Waals surface area contributed by atoms with Crippen molar-refractivity contribution >= 4 is 46.6 Å². The molecule has 3 amide bonds. The zero-order valence-corrected chi connectivity index (χ0v) is 22.2. The number of anilines is 1. The Bertz CT molecular complexity index is 1380. The standard InChI is InChI=1S/C29H24Cl2N2O5/c1-37-16-11-12-22(38-2)21(15-16)32-23(34)13-14-33-26(35)24-25(27(33)36)29(31)18-8-4-3-7-17(18)28(24,30)19-9-5-6-10-20(19)29/h3-12,15,24-25H,13-14H2,1-2H3,(H,32,34)/t24-,25-,28?,29?/m1/s1. The van der Waals surface area contributed by atoms with Gasteiger partial charge in [-0.3, -0.25) is 19.3 Å². The summed E-state index contributed by atoms with van der Waals surface area (Å²) >= 11 is 14.8. The lowest BCUT2D eigenvalue weighted by Gasteiger charge is -2.54. The van der Waals surface area contributed by atoms with Crippen LogP contribution < -0.4 is 14.8 Å². The van der Waals surface area contributed by atoms with Gasteiger partial charge in [-0.25, -0.2) is 0 Å². The molecule has 2 atom stereocenters. The number of carbonyl (C=O) groups excluding carboxylic acids is 3. The van der Waals surface area contributed by atoms with E-state index in [1.54, 1.807) is 18.2 Å². The Balaban J connectivity index is 1.31. The minimum absolute atomic E-state index is 0.102. The molecule has 1 N–H and O–H groups in total. The van der Waals surface area contributed by atoms with Crippen LogP contribution in [0.4, 0.5) is 5.69 Å². The van der Waals surface area contributed by atoms with E-state index < -0.39 is 33.4 Å². The lowest BCUT2D eigenvalue weighted by atomic mass is 9.54. The van der Waals surface area contributed by atoms with Crippen molar-refractivity contribution in [2.24, 2.45) is 11.8 Å². The minimum atomic E-state index is -1.24. The number of carbonyl (C=O) groups is 3. The van der Waals surface area contributed by atoms with Crippen molar-refractivity contribution in [2.45, 2.75) is 16.2 Å².